The van der Waals surface area contributed by atoms with E-state index in [2.05, 4.69) is 15.4 Å². The van der Waals surface area contributed by atoms with Gasteiger partial charge in [0.05, 0.1) is 18.2 Å². The highest BCUT2D eigenvalue weighted by Gasteiger charge is 2.39. The van der Waals surface area contributed by atoms with Crippen LogP contribution in [0.3, 0.4) is 0 Å². The second-order valence-corrected chi connectivity index (χ2v) is 8.17. The van der Waals surface area contributed by atoms with Crippen LogP contribution >= 0.6 is 0 Å². The van der Waals surface area contributed by atoms with E-state index in [1.807, 2.05) is 6.92 Å². The third-order valence-corrected chi connectivity index (χ3v) is 6.50. The van der Waals surface area contributed by atoms with Crippen LogP contribution in [0, 0.1) is 0 Å². The van der Waals surface area contributed by atoms with E-state index >= 15 is 0 Å². The maximum atomic E-state index is 13.0. The van der Waals surface area contributed by atoms with Gasteiger partial charge in [0.15, 0.2) is 0 Å². The molecule has 1 aromatic carbocycles. The molecule has 2 atom stereocenters. The number of methoxy groups -OCH3 is 1. The van der Waals surface area contributed by atoms with Crippen LogP contribution in [0.15, 0.2) is 35.4 Å². The zero-order chi connectivity index (χ0) is 18.9. The standard InChI is InChI=1S/C16H21N5O4S/c1-11-10-21(26(23,24)14-6-4-13(25-3)5-7-14)12(2)9-20(11)16(22)15-8-17-19-18-15/h4-8,11-12H,9-10H2,1-3H3,(H,17,18,19)/t11-,12+/m0/s1. The van der Waals surface area contributed by atoms with Crippen molar-refractivity contribution in [1.29, 1.82) is 0 Å². The molecule has 0 spiro atoms. The molecular weight excluding hydrogens is 358 g/mol. The molecule has 1 aliphatic rings. The summed E-state index contributed by atoms with van der Waals surface area (Å²) in [6.45, 7) is 4.11. The van der Waals surface area contributed by atoms with E-state index in [4.69, 9.17) is 4.74 Å². The predicted molar refractivity (Wildman–Crippen MR) is 93.2 cm³/mol. The molecule has 0 bridgehead atoms. The van der Waals surface area contributed by atoms with Crippen molar-refractivity contribution in [3.63, 3.8) is 0 Å². The quantitative estimate of drug-likeness (QED) is 0.839. The molecule has 1 saturated heterocycles. The molecule has 3 rings (SSSR count). The second-order valence-electron chi connectivity index (χ2n) is 6.28. The Kier molecular flexibility index (Phi) is 4.97. The highest BCUT2D eigenvalue weighted by atomic mass is 32.2. The highest BCUT2D eigenvalue weighted by molar-refractivity contribution is 7.89. The van der Waals surface area contributed by atoms with Gasteiger partial charge >= 0.3 is 0 Å². The smallest absolute Gasteiger partial charge is 0.273 e. The number of ether oxygens (including phenoxy) is 1. The van der Waals surface area contributed by atoms with E-state index in [0.717, 1.165) is 0 Å². The van der Waals surface area contributed by atoms with Crippen LogP contribution in [0.1, 0.15) is 24.3 Å². The minimum absolute atomic E-state index is 0.204. The first-order valence-electron chi connectivity index (χ1n) is 8.17. The number of aromatic amines is 1. The normalized spacial score (nSPS) is 21.6. The van der Waals surface area contributed by atoms with Gasteiger partial charge in [0.25, 0.3) is 5.91 Å². The van der Waals surface area contributed by atoms with Gasteiger partial charge in [0.1, 0.15) is 11.4 Å². The summed E-state index contributed by atoms with van der Waals surface area (Å²) in [4.78, 5) is 14.4. The van der Waals surface area contributed by atoms with Crippen molar-refractivity contribution < 1.29 is 17.9 Å². The van der Waals surface area contributed by atoms with Crippen LogP contribution in [0.4, 0.5) is 0 Å². The number of carbonyl (C=O) groups is 1. The van der Waals surface area contributed by atoms with E-state index in [0.29, 0.717) is 5.75 Å². The first kappa shape index (κ1) is 18.3. The van der Waals surface area contributed by atoms with Crippen LogP contribution < -0.4 is 4.74 Å². The minimum atomic E-state index is -3.66. The number of nitrogens with zero attached hydrogens (tertiary/aromatic N) is 4. The molecule has 26 heavy (non-hydrogen) atoms. The predicted octanol–water partition coefficient (Wildman–Crippen LogP) is 0.737. The average molecular weight is 379 g/mol. The number of rotatable bonds is 4. The number of H-pyrrole nitrogens is 1. The monoisotopic (exact) mass is 379 g/mol. The lowest BCUT2D eigenvalue weighted by molar-refractivity contribution is 0.0501. The number of nitrogens with one attached hydrogen (secondary N) is 1. The number of hydrogen-bond donors (Lipinski definition) is 1. The Morgan fingerprint density at radius 3 is 2.46 bits per heavy atom. The number of benzene rings is 1. The van der Waals surface area contributed by atoms with E-state index in [1.165, 1.54) is 29.7 Å². The molecule has 9 nitrogen and oxygen atoms in total. The maximum absolute atomic E-state index is 13.0. The fraction of sp³-hybridized carbons (Fsp3) is 0.438. The Morgan fingerprint density at radius 1 is 1.19 bits per heavy atom. The Bertz CT molecular complexity index is 867. The summed E-state index contributed by atoms with van der Waals surface area (Å²) in [5.74, 6) is 0.352. The number of sulfonamides is 1. The van der Waals surface area contributed by atoms with Crippen LogP contribution in [0.2, 0.25) is 0 Å². The Hall–Kier alpha value is -2.46. The Morgan fingerprint density at radius 2 is 1.88 bits per heavy atom. The van der Waals surface area contributed by atoms with Crippen LogP contribution in [0.25, 0.3) is 0 Å². The summed E-state index contributed by atoms with van der Waals surface area (Å²) >= 11 is 0. The largest absolute Gasteiger partial charge is 0.497 e. The van der Waals surface area contributed by atoms with Gasteiger partial charge in [0, 0.05) is 25.2 Å². The van der Waals surface area contributed by atoms with Gasteiger partial charge in [-0.25, -0.2) is 8.42 Å². The molecule has 0 radical (unpaired) electrons. The van der Waals surface area contributed by atoms with Crippen molar-refractivity contribution in [1.82, 2.24) is 24.6 Å². The molecule has 1 aromatic heterocycles. The molecule has 0 aliphatic carbocycles. The highest BCUT2D eigenvalue weighted by Crippen LogP contribution is 2.26. The molecule has 1 fully saturated rings. The van der Waals surface area contributed by atoms with Crippen LogP contribution in [0.5, 0.6) is 5.75 Å². The van der Waals surface area contributed by atoms with Crippen molar-refractivity contribution in [2.24, 2.45) is 0 Å². The van der Waals surface area contributed by atoms with Crippen molar-refractivity contribution in [3.05, 3.63) is 36.2 Å². The summed E-state index contributed by atoms with van der Waals surface area (Å²) in [6, 6.07) is 5.64. The summed E-state index contributed by atoms with van der Waals surface area (Å²) in [5, 5.41) is 9.72. The van der Waals surface area contributed by atoms with Crippen molar-refractivity contribution in [2.45, 2.75) is 30.8 Å². The Balaban J connectivity index is 1.81. The summed E-state index contributed by atoms with van der Waals surface area (Å²) < 4.78 is 32.5. The van der Waals surface area contributed by atoms with Crippen LogP contribution in [-0.4, -0.2) is 71.2 Å². The van der Waals surface area contributed by atoms with E-state index in [-0.39, 0.29) is 41.7 Å². The van der Waals surface area contributed by atoms with Gasteiger partial charge in [-0.15, -0.1) is 5.10 Å². The van der Waals surface area contributed by atoms with Crippen LogP contribution in [-0.2, 0) is 10.0 Å². The lowest BCUT2D eigenvalue weighted by Gasteiger charge is -2.43. The third kappa shape index (κ3) is 3.29. The van der Waals surface area contributed by atoms with Gasteiger partial charge in [-0.3, -0.25) is 9.89 Å². The van der Waals surface area contributed by atoms with Gasteiger partial charge < -0.3 is 9.64 Å². The first-order valence-corrected chi connectivity index (χ1v) is 9.61. The van der Waals surface area contributed by atoms with Gasteiger partial charge in [0.2, 0.25) is 10.0 Å². The number of aromatic nitrogens is 3. The molecule has 1 N–H and O–H groups in total. The molecule has 1 amide bonds. The fourth-order valence-corrected chi connectivity index (χ4v) is 4.76. The summed E-state index contributed by atoms with van der Waals surface area (Å²) in [7, 11) is -2.14. The Labute approximate surface area is 152 Å². The average Bonchev–Trinajstić information content (AvgIpc) is 3.17. The molecular formula is C16H21N5O4S. The molecule has 140 valence electrons. The summed E-state index contributed by atoms with van der Waals surface area (Å²) in [6.07, 6.45) is 1.36. The molecule has 0 saturated carbocycles. The number of piperazine rings is 1. The third-order valence-electron chi connectivity index (χ3n) is 4.50. The molecule has 0 unspecified atom stereocenters. The van der Waals surface area contributed by atoms with Gasteiger partial charge in [-0.1, -0.05) is 5.21 Å². The van der Waals surface area contributed by atoms with Gasteiger partial charge in [-0.05, 0) is 38.1 Å². The van der Waals surface area contributed by atoms with Crippen molar-refractivity contribution in [2.75, 3.05) is 20.2 Å². The van der Waals surface area contributed by atoms with E-state index < -0.39 is 10.0 Å². The van der Waals surface area contributed by atoms with E-state index in [9.17, 15) is 13.2 Å². The first-order chi connectivity index (χ1) is 12.3. The molecule has 2 heterocycles. The minimum Gasteiger partial charge on any atom is -0.497 e. The van der Waals surface area contributed by atoms with Gasteiger partial charge in [-0.2, -0.15) is 4.31 Å². The van der Waals surface area contributed by atoms with E-state index in [1.54, 1.807) is 24.0 Å². The number of amides is 1. The second kappa shape index (κ2) is 7.04. The zero-order valence-corrected chi connectivity index (χ0v) is 15.6. The molecule has 10 heteroatoms. The maximum Gasteiger partial charge on any atom is 0.273 e. The zero-order valence-electron chi connectivity index (χ0n) is 14.8. The molecule has 2 aromatic rings. The topological polar surface area (TPSA) is 108 Å². The molecule has 1 aliphatic heterocycles. The number of carbonyl (C=O) groups excluding carboxylic acids is 1. The number of hydrogen-bond acceptors (Lipinski definition) is 6. The SMILES string of the molecule is COc1ccc(S(=O)(=O)N2C[C@H](C)N(C(=O)c3cnn[nH]3)C[C@H]2C)cc1. The lowest BCUT2D eigenvalue weighted by Crippen LogP contribution is -2.59. The lowest BCUT2D eigenvalue weighted by atomic mass is 10.1. The summed E-state index contributed by atoms with van der Waals surface area (Å²) in [5.41, 5.74) is 0.288. The van der Waals surface area contributed by atoms with Crippen molar-refractivity contribution >= 4 is 15.9 Å². The fourth-order valence-electron chi connectivity index (χ4n) is 3.05. The van der Waals surface area contributed by atoms with Crippen molar-refractivity contribution in [3.8, 4) is 5.75 Å².